The highest BCUT2D eigenvalue weighted by Crippen LogP contribution is 2.21. The lowest BCUT2D eigenvalue weighted by molar-refractivity contribution is 0.571. The van der Waals surface area contributed by atoms with Crippen molar-refractivity contribution in [3.05, 3.63) is 83.0 Å². The normalized spacial score (nSPS) is 14.3. The zero-order chi connectivity index (χ0) is 21.2. The maximum atomic E-state index is 4.95. The lowest BCUT2D eigenvalue weighted by Crippen LogP contribution is -2.30. The Kier molecular flexibility index (Phi) is 5.37. The predicted molar refractivity (Wildman–Crippen MR) is 123 cm³/mol. The van der Waals surface area contributed by atoms with Crippen LogP contribution in [0.2, 0.25) is 0 Å². The minimum Gasteiger partial charge on any atom is -0.357 e. The van der Waals surface area contributed by atoms with Crippen molar-refractivity contribution in [1.29, 1.82) is 0 Å². The molecule has 0 atom stereocenters. The molecular formula is C25H28N6. The smallest absolute Gasteiger partial charge is 0.136 e. The van der Waals surface area contributed by atoms with Gasteiger partial charge >= 0.3 is 0 Å². The Morgan fingerprint density at radius 3 is 2.55 bits per heavy atom. The summed E-state index contributed by atoms with van der Waals surface area (Å²) in [6.45, 7) is 6.28. The highest BCUT2D eigenvalue weighted by molar-refractivity contribution is 5.45. The summed E-state index contributed by atoms with van der Waals surface area (Å²) in [6.07, 6.45) is 11.0. The number of aryl methyl sites for hydroxylation is 2. The summed E-state index contributed by atoms with van der Waals surface area (Å²) in [5, 5.41) is 0. The largest absolute Gasteiger partial charge is 0.357 e. The molecule has 0 spiro atoms. The van der Waals surface area contributed by atoms with Crippen LogP contribution in [0, 0.1) is 13.8 Å². The summed E-state index contributed by atoms with van der Waals surface area (Å²) in [7, 11) is 0. The van der Waals surface area contributed by atoms with Crippen LogP contribution in [0.4, 0.5) is 5.82 Å². The molecule has 0 unspecified atom stereocenters. The van der Waals surface area contributed by atoms with E-state index in [0.717, 1.165) is 53.9 Å². The molecule has 0 bridgehead atoms. The van der Waals surface area contributed by atoms with Crippen molar-refractivity contribution >= 4 is 11.5 Å². The fraction of sp³-hybridized carbons (Fsp3) is 0.360. The number of anilines is 1. The van der Waals surface area contributed by atoms with E-state index in [2.05, 4.69) is 60.3 Å². The maximum Gasteiger partial charge on any atom is 0.136 e. The van der Waals surface area contributed by atoms with Gasteiger partial charge in [-0.2, -0.15) is 0 Å². The number of fused-ring (bicyclic) bond motifs is 1. The molecule has 4 aromatic heterocycles. The third-order valence-electron chi connectivity index (χ3n) is 6.09. The standard InChI is InChI=1S/C25H28N6/c1-18-6-7-21(27-19(18)2)16-23-28-22(17-25(29-23)30-10-4-3-5-11-30)14-20-8-12-31-13-9-26-24(31)15-20/h6-9,12-13,15,17H,3-5,10-11,14,16H2,1-2H3. The van der Waals surface area contributed by atoms with Gasteiger partial charge in [-0.25, -0.2) is 15.0 Å². The summed E-state index contributed by atoms with van der Waals surface area (Å²) < 4.78 is 2.03. The average molecular weight is 413 g/mol. The van der Waals surface area contributed by atoms with Crippen molar-refractivity contribution in [1.82, 2.24) is 24.3 Å². The Morgan fingerprint density at radius 2 is 1.71 bits per heavy atom. The highest BCUT2D eigenvalue weighted by Gasteiger charge is 2.16. The lowest BCUT2D eigenvalue weighted by Gasteiger charge is -2.28. The molecule has 5 heterocycles. The van der Waals surface area contributed by atoms with E-state index in [0.29, 0.717) is 6.42 Å². The summed E-state index contributed by atoms with van der Waals surface area (Å²) >= 11 is 0. The van der Waals surface area contributed by atoms with Gasteiger partial charge in [-0.15, -0.1) is 0 Å². The summed E-state index contributed by atoms with van der Waals surface area (Å²) in [4.78, 5) is 21.4. The van der Waals surface area contributed by atoms with Gasteiger partial charge in [0.2, 0.25) is 0 Å². The van der Waals surface area contributed by atoms with Crippen molar-refractivity contribution in [2.45, 2.75) is 46.0 Å². The van der Waals surface area contributed by atoms with Crippen LogP contribution < -0.4 is 4.90 Å². The van der Waals surface area contributed by atoms with Crippen LogP contribution in [0.25, 0.3) is 5.65 Å². The monoisotopic (exact) mass is 412 g/mol. The zero-order valence-electron chi connectivity index (χ0n) is 18.3. The molecule has 1 aliphatic heterocycles. The fourth-order valence-corrected chi connectivity index (χ4v) is 4.21. The first kappa shape index (κ1) is 19.7. The number of nitrogens with zero attached hydrogens (tertiary/aromatic N) is 6. The van der Waals surface area contributed by atoms with Crippen molar-refractivity contribution in [3.8, 4) is 0 Å². The van der Waals surface area contributed by atoms with Gasteiger partial charge in [0.1, 0.15) is 17.3 Å². The first-order valence-electron chi connectivity index (χ1n) is 11.1. The molecule has 1 aliphatic rings. The van der Waals surface area contributed by atoms with Crippen LogP contribution in [-0.2, 0) is 12.8 Å². The quantitative estimate of drug-likeness (QED) is 0.489. The first-order valence-corrected chi connectivity index (χ1v) is 11.1. The molecule has 0 amide bonds. The van der Waals surface area contributed by atoms with Gasteiger partial charge in [0, 0.05) is 55.6 Å². The molecule has 0 saturated carbocycles. The van der Waals surface area contributed by atoms with E-state index in [-0.39, 0.29) is 0 Å². The third-order valence-corrected chi connectivity index (χ3v) is 6.09. The SMILES string of the molecule is Cc1ccc(Cc2nc(Cc3ccn4ccnc4c3)cc(N3CCCCC3)n2)nc1C. The van der Waals surface area contributed by atoms with Crippen LogP contribution in [-0.4, -0.2) is 37.4 Å². The molecule has 0 aliphatic carbocycles. The van der Waals surface area contributed by atoms with E-state index in [1.165, 1.54) is 30.4 Å². The molecule has 31 heavy (non-hydrogen) atoms. The Balaban J connectivity index is 1.47. The van der Waals surface area contributed by atoms with Gasteiger partial charge in [-0.1, -0.05) is 6.07 Å². The summed E-state index contributed by atoms with van der Waals surface area (Å²) in [5.41, 5.74) is 6.51. The number of hydrogen-bond donors (Lipinski definition) is 0. The van der Waals surface area contributed by atoms with Crippen molar-refractivity contribution in [2.75, 3.05) is 18.0 Å². The maximum absolute atomic E-state index is 4.95. The van der Waals surface area contributed by atoms with E-state index >= 15 is 0 Å². The Hall–Kier alpha value is -3.28. The molecule has 6 nitrogen and oxygen atoms in total. The van der Waals surface area contributed by atoms with E-state index in [4.69, 9.17) is 15.0 Å². The highest BCUT2D eigenvalue weighted by atomic mass is 15.2. The Morgan fingerprint density at radius 1 is 0.839 bits per heavy atom. The number of rotatable bonds is 5. The second kappa shape index (κ2) is 8.46. The second-order valence-electron chi connectivity index (χ2n) is 8.47. The molecule has 1 saturated heterocycles. The lowest BCUT2D eigenvalue weighted by atomic mass is 10.1. The van der Waals surface area contributed by atoms with Crippen LogP contribution in [0.5, 0.6) is 0 Å². The molecule has 6 heteroatoms. The molecule has 0 aromatic carbocycles. The zero-order valence-corrected chi connectivity index (χ0v) is 18.3. The van der Waals surface area contributed by atoms with Crippen LogP contribution in [0.1, 0.15) is 53.3 Å². The van der Waals surface area contributed by atoms with E-state index in [1.54, 1.807) is 0 Å². The van der Waals surface area contributed by atoms with E-state index in [9.17, 15) is 0 Å². The van der Waals surface area contributed by atoms with Crippen LogP contribution in [0.15, 0.2) is 48.9 Å². The molecule has 4 aromatic rings. The summed E-state index contributed by atoms with van der Waals surface area (Å²) in [6, 6.07) is 10.7. The third kappa shape index (κ3) is 4.43. The summed E-state index contributed by atoms with van der Waals surface area (Å²) in [5.74, 6) is 1.89. The first-order chi connectivity index (χ1) is 15.1. The molecule has 158 valence electrons. The predicted octanol–water partition coefficient (Wildman–Crippen LogP) is 4.31. The minimum absolute atomic E-state index is 0.648. The van der Waals surface area contributed by atoms with Gasteiger partial charge in [-0.05, 0) is 62.4 Å². The molecule has 5 rings (SSSR count). The van der Waals surface area contributed by atoms with Gasteiger partial charge < -0.3 is 9.30 Å². The number of hydrogen-bond acceptors (Lipinski definition) is 5. The minimum atomic E-state index is 0.648. The molecule has 1 fully saturated rings. The molecule has 0 N–H and O–H groups in total. The number of pyridine rings is 2. The average Bonchev–Trinajstić information content (AvgIpc) is 3.25. The van der Waals surface area contributed by atoms with E-state index < -0.39 is 0 Å². The second-order valence-corrected chi connectivity index (χ2v) is 8.47. The van der Waals surface area contributed by atoms with Crippen molar-refractivity contribution in [2.24, 2.45) is 0 Å². The topological polar surface area (TPSA) is 59.2 Å². The number of imidazole rings is 1. The number of aromatic nitrogens is 5. The van der Waals surface area contributed by atoms with Gasteiger partial charge in [0.05, 0.1) is 12.1 Å². The molecule has 0 radical (unpaired) electrons. The van der Waals surface area contributed by atoms with E-state index in [1.807, 2.05) is 16.8 Å². The Labute approximate surface area is 183 Å². The fourth-order valence-electron chi connectivity index (χ4n) is 4.21. The van der Waals surface area contributed by atoms with Gasteiger partial charge in [0.25, 0.3) is 0 Å². The van der Waals surface area contributed by atoms with Crippen molar-refractivity contribution < 1.29 is 0 Å². The van der Waals surface area contributed by atoms with Crippen LogP contribution in [0.3, 0.4) is 0 Å². The van der Waals surface area contributed by atoms with Gasteiger partial charge in [0.15, 0.2) is 0 Å². The Bertz CT molecular complexity index is 1210. The number of piperidine rings is 1. The van der Waals surface area contributed by atoms with Crippen LogP contribution >= 0.6 is 0 Å². The van der Waals surface area contributed by atoms with Gasteiger partial charge in [-0.3, -0.25) is 4.98 Å². The molecular weight excluding hydrogens is 384 g/mol. The van der Waals surface area contributed by atoms with Crippen molar-refractivity contribution in [3.63, 3.8) is 0 Å².